The fourth-order valence-electron chi connectivity index (χ4n) is 1.97. The van der Waals surface area contributed by atoms with Gasteiger partial charge in [0, 0.05) is 5.02 Å². The van der Waals surface area contributed by atoms with Crippen LogP contribution in [-0.2, 0) is 4.74 Å². The summed E-state index contributed by atoms with van der Waals surface area (Å²) in [5.41, 5.74) is 1.29. The molecule has 1 aliphatic heterocycles. The summed E-state index contributed by atoms with van der Waals surface area (Å²) in [7, 11) is 0. The number of halogens is 1. The predicted octanol–water partition coefficient (Wildman–Crippen LogP) is 3.93. The molecular weight excluding hydrogens is 276 g/mol. The summed E-state index contributed by atoms with van der Waals surface area (Å²) < 4.78 is 10.9. The highest BCUT2D eigenvalue weighted by Gasteiger charge is 2.20. The molecular formula is C16H11ClO3. The van der Waals surface area contributed by atoms with Crippen LogP contribution in [0.1, 0.15) is 15.9 Å². The predicted molar refractivity (Wildman–Crippen MR) is 76.8 cm³/mol. The van der Waals surface area contributed by atoms with Crippen molar-refractivity contribution >= 4 is 23.6 Å². The van der Waals surface area contributed by atoms with E-state index in [0.717, 1.165) is 5.56 Å². The first kappa shape index (κ1) is 12.8. The standard InChI is InChI=1S/C16H11ClO3/c17-12-5-3-4-11(8-12)9-13-10-19-15-7-2-1-6-14(15)16(18)20-13/h1-9H,10H2/b13-9+. The molecule has 0 saturated heterocycles. The molecule has 2 aromatic carbocycles. The lowest BCUT2D eigenvalue weighted by molar-refractivity contribution is 0.0621. The van der Waals surface area contributed by atoms with Crippen molar-refractivity contribution in [2.24, 2.45) is 0 Å². The number of rotatable bonds is 1. The molecule has 2 aromatic rings. The number of hydrogen-bond acceptors (Lipinski definition) is 3. The molecule has 100 valence electrons. The van der Waals surface area contributed by atoms with Crippen molar-refractivity contribution in [1.82, 2.24) is 0 Å². The van der Waals surface area contributed by atoms with Gasteiger partial charge in [0.25, 0.3) is 0 Å². The molecule has 0 spiro atoms. The molecule has 0 N–H and O–H groups in total. The zero-order valence-corrected chi connectivity index (χ0v) is 11.3. The smallest absolute Gasteiger partial charge is 0.347 e. The van der Waals surface area contributed by atoms with Gasteiger partial charge in [0.15, 0.2) is 0 Å². The van der Waals surface area contributed by atoms with Gasteiger partial charge in [0.05, 0.1) is 0 Å². The lowest BCUT2D eigenvalue weighted by Gasteiger charge is -2.04. The van der Waals surface area contributed by atoms with Gasteiger partial charge in [-0.05, 0) is 35.9 Å². The van der Waals surface area contributed by atoms with Crippen LogP contribution < -0.4 is 4.74 Å². The van der Waals surface area contributed by atoms with Crippen LogP contribution in [0.5, 0.6) is 5.75 Å². The molecule has 0 saturated carbocycles. The van der Waals surface area contributed by atoms with Crippen LogP contribution >= 0.6 is 11.6 Å². The summed E-state index contributed by atoms with van der Waals surface area (Å²) in [5, 5.41) is 0.628. The molecule has 0 radical (unpaired) electrons. The molecule has 0 fully saturated rings. The number of esters is 1. The highest BCUT2D eigenvalue weighted by Crippen LogP contribution is 2.25. The molecule has 3 rings (SSSR count). The Bertz CT molecular complexity index is 692. The van der Waals surface area contributed by atoms with Gasteiger partial charge in [-0.3, -0.25) is 0 Å². The summed E-state index contributed by atoms with van der Waals surface area (Å²) in [5.74, 6) is 0.576. The van der Waals surface area contributed by atoms with Gasteiger partial charge in [-0.15, -0.1) is 0 Å². The molecule has 3 nitrogen and oxygen atoms in total. The minimum Gasteiger partial charge on any atom is -0.485 e. The first-order chi connectivity index (χ1) is 9.72. The average molecular weight is 287 g/mol. The van der Waals surface area contributed by atoms with Gasteiger partial charge in [0.2, 0.25) is 0 Å². The number of benzene rings is 2. The zero-order chi connectivity index (χ0) is 13.9. The molecule has 20 heavy (non-hydrogen) atoms. The summed E-state index contributed by atoms with van der Waals surface area (Å²) in [6.07, 6.45) is 1.75. The van der Waals surface area contributed by atoms with Gasteiger partial charge < -0.3 is 9.47 Å². The van der Waals surface area contributed by atoms with Crippen LogP contribution in [0, 0.1) is 0 Å². The topological polar surface area (TPSA) is 35.5 Å². The van der Waals surface area contributed by atoms with E-state index in [1.165, 1.54) is 0 Å². The van der Waals surface area contributed by atoms with Crippen LogP contribution in [0.2, 0.25) is 5.02 Å². The quantitative estimate of drug-likeness (QED) is 0.745. The normalized spacial score (nSPS) is 16.1. The van der Waals surface area contributed by atoms with Crippen molar-refractivity contribution in [1.29, 1.82) is 0 Å². The molecule has 4 heteroatoms. The minimum atomic E-state index is -0.411. The fraction of sp³-hybridized carbons (Fsp3) is 0.0625. The molecule has 0 atom stereocenters. The second-order valence-corrected chi connectivity index (χ2v) is 4.78. The molecule has 0 aliphatic carbocycles. The van der Waals surface area contributed by atoms with Gasteiger partial charge in [0.1, 0.15) is 23.7 Å². The second kappa shape index (κ2) is 5.39. The largest absolute Gasteiger partial charge is 0.485 e. The first-order valence-corrected chi connectivity index (χ1v) is 6.50. The number of cyclic esters (lactones) is 1. The Morgan fingerprint density at radius 3 is 2.80 bits per heavy atom. The third-order valence-corrected chi connectivity index (χ3v) is 3.11. The summed E-state index contributed by atoms with van der Waals surface area (Å²) in [6.45, 7) is 0.204. The SMILES string of the molecule is O=C1O/C(=C/c2cccc(Cl)c2)COc2ccccc21. The third kappa shape index (κ3) is 2.68. The molecule has 1 aliphatic rings. The van der Waals surface area contributed by atoms with Gasteiger partial charge >= 0.3 is 5.97 Å². The van der Waals surface area contributed by atoms with Crippen molar-refractivity contribution in [2.75, 3.05) is 6.61 Å². The highest BCUT2D eigenvalue weighted by atomic mass is 35.5. The van der Waals surface area contributed by atoms with Crippen LogP contribution in [0.4, 0.5) is 0 Å². The summed E-state index contributed by atoms with van der Waals surface area (Å²) in [6, 6.07) is 14.3. The van der Waals surface area contributed by atoms with Crippen molar-refractivity contribution < 1.29 is 14.3 Å². The maximum atomic E-state index is 12.0. The van der Waals surface area contributed by atoms with Crippen LogP contribution in [0.15, 0.2) is 54.3 Å². The van der Waals surface area contributed by atoms with E-state index in [4.69, 9.17) is 21.1 Å². The fourth-order valence-corrected chi connectivity index (χ4v) is 2.17. The summed E-state index contributed by atoms with van der Waals surface area (Å²) in [4.78, 5) is 12.0. The maximum Gasteiger partial charge on any atom is 0.347 e. The van der Waals surface area contributed by atoms with E-state index in [0.29, 0.717) is 22.1 Å². The number of fused-ring (bicyclic) bond motifs is 1. The third-order valence-electron chi connectivity index (χ3n) is 2.88. The van der Waals surface area contributed by atoms with E-state index in [1.807, 2.05) is 18.2 Å². The Hall–Kier alpha value is -2.26. The zero-order valence-electron chi connectivity index (χ0n) is 10.5. The van der Waals surface area contributed by atoms with E-state index >= 15 is 0 Å². The number of ether oxygens (including phenoxy) is 2. The van der Waals surface area contributed by atoms with Crippen molar-refractivity contribution in [3.05, 3.63) is 70.4 Å². The molecule has 0 unspecified atom stereocenters. The summed E-state index contributed by atoms with van der Waals surface area (Å²) >= 11 is 5.93. The van der Waals surface area contributed by atoms with E-state index in [9.17, 15) is 4.79 Å². The second-order valence-electron chi connectivity index (χ2n) is 4.34. The van der Waals surface area contributed by atoms with Crippen molar-refractivity contribution in [2.45, 2.75) is 0 Å². The average Bonchev–Trinajstić information content (AvgIpc) is 2.59. The van der Waals surface area contributed by atoms with E-state index in [1.54, 1.807) is 36.4 Å². The highest BCUT2D eigenvalue weighted by molar-refractivity contribution is 6.30. The van der Waals surface area contributed by atoms with Gasteiger partial charge in [-0.2, -0.15) is 0 Å². The first-order valence-electron chi connectivity index (χ1n) is 6.12. The number of carbonyl (C=O) groups excluding carboxylic acids is 1. The lowest BCUT2D eigenvalue weighted by Crippen LogP contribution is -2.04. The Morgan fingerprint density at radius 1 is 1.10 bits per heavy atom. The Labute approximate surface area is 121 Å². The van der Waals surface area contributed by atoms with Gasteiger partial charge in [-0.25, -0.2) is 4.79 Å². The lowest BCUT2D eigenvalue weighted by atomic mass is 10.2. The van der Waals surface area contributed by atoms with Crippen molar-refractivity contribution in [3.63, 3.8) is 0 Å². The van der Waals surface area contributed by atoms with E-state index in [-0.39, 0.29) is 6.61 Å². The van der Waals surface area contributed by atoms with Crippen LogP contribution in [0.3, 0.4) is 0 Å². The van der Waals surface area contributed by atoms with Crippen LogP contribution in [0.25, 0.3) is 6.08 Å². The Morgan fingerprint density at radius 2 is 1.95 bits per heavy atom. The van der Waals surface area contributed by atoms with Gasteiger partial charge in [-0.1, -0.05) is 35.9 Å². The number of hydrogen-bond donors (Lipinski definition) is 0. The minimum absolute atomic E-state index is 0.204. The Balaban J connectivity index is 1.90. The Kier molecular flexibility index (Phi) is 3.44. The van der Waals surface area contributed by atoms with Crippen molar-refractivity contribution in [3.8, 4) is 5.75 Å². The van der Waals surface area contributed by atoms with E-state index < -0.39 is 5.97 Å². The number of para-hydroxylation sites is 1. The molecule has 0 aromatic heterocycles. The van der Waals surface area contributed by atoms with Crippen LogP contribution in [-0.4, -0.2) is 12.6 Å². The maximum absolute atomic E-state index is 12.0. The monoisotopic (exact) mass is 286 g/mol. The molecule has 1 heterocycles. The molecule has 0 bridgehead atoms. The molecule has 0 amide bonds. The number of carbonyl (C=O) groups is 1. The van der Waals surface area contributed by atoms with E-state index in [2.05, 4.69) is 0 Å².